The normalized spacial score (nSPS) is 12.0. The topological polar surface area (TPSA) is 46.2 Å². The Labute approximate surface area is 124 Å². The maximum Gasteiger partial charge on any atom is 0.244 e. The summed E-state index contributed by atoms with van der Waals surface area (Å²) in [6.07, 6.45) is 5.43. The molecular formula is C18H16NO2. The van der Waals surface area contributed by atoms with Crippen LogP contribution in [0.25, 0.3) is 6.08 Å². The van der Waals surface area contributed by atoms with E-state index in [2.05, 4.69) is 5.32 Å². The van der Waals surface area contributed by atoms with Crippen LogP contribution >= 0.6 is 0 Å². The van der Waals surface area contributed by atoms with Gasteiger partial charge in [-0.2, -0.15) is 0 Å². The zero-order chi connectivity index (χ0) is 14.9. The van der Waals surface area contributed by atoms with Gasteiger partial charge in [0.1, 0.15) is 0 Å². The number of hydrogen-bond acceptors (Lipinski definition) is 2. The fourth-order valence-corrected chi connectivity index (χ4v) is 1.93. The first-order valence-electron chi connectivity index (χ1n) is 6.73. The van der Waals surface area contributed by atoms with Crippen LogP contribution in [0.15, 0.2) is 66.7 Å². The van der Waals surface area contributed by atoms with Crippen LogP contribution in [0.3, 0.4) is 0 Å². The molecule has 0 heterocycles. The Morgan fingerprint density at radius 1 is 1.05 bits per heavy atom. The zero-order valence-electron chi connectivity index (χ0n) is 11.5. The van der Waals surface area contributed by atoms with Gasteiger partial charge in [-0.15, -0.1) is 0 Å². The number of carbonyl (C=O) groups is 1. The Hall–Kier alpha value is -2.68. The number of hydrogen-bond donors (Lipinski definition) is 1. The lowest BCUT2D eigenvalue weighted by Crippen LogP contribution is -2.36. The molecule has 0 aliphatic rings. The van der Waals surface area contributed by atoms with Crippen molar-refractivity contribution in [2.75, 3.05) is 0 Å². The Balaban J connectivity index is 1.91. The first-order valence-corrected chi connectivity index (χ1v) is 6.73. The van der Waals surface area contributed by atoms with Crippen molar-refractivity contribution in [1.82, 2.24) is 5.32 Å². The van der Waals surface area contributed by atoms with Crippen LogP contribution in [0.2, 0.25) is 0 Å². The molecule has 0 aliphatic heterocycles. The second kappa shape index (κ2) is 7.80. The lowest BCUT2D eigenvalue weighted by molar-refractivity contribution is -0.116. The minimum absolute atomic E-state index is 0.303. The van der Waals surface area contributed by atoms with E-state index in [1.807, 2.05) is 66.9 Å². The quantitative estimate of drug-likeness (QED) is 0.825. The van der Waals surface area contributed by atoms with Crippen LogP contribution in [-0.2, 0) is 16.0 Å². The van der Waals surface area contributed by atoms with E-state index in [-0.39, 0.29) is 5.91 Å². The SMILES string of the molecule is O=[C][C@H](Cc1ccccc1)NC(=O)/C=C/c1ccccc1. The third kappa shape index (κ3) is 5.07. The smallest absolute Gasteiger partial charge is 0.244 e. The van der Waals surface area contributed by atoms with Crippen molar-refractivity contribution in [2.24, 2.45) is 0 Å². The minimum Gasteiger partial charge on any atom is -0.342 e. The van der Waals surface area contributed by atoms with Gasteiger partial charge in [-0.05, 0) is 17.2 Å². The van der Waals surface area contributed by atoms with Crippen LogP contribution in [-0.4, -0.2) is 18.2 Å². The van der Waals surface area contributed by atoms with Crippen LogP contribution in [0, 0.1) is 0 Å². The summed E-state index contributed by atoms with van der Waals surface area (Å²) in [5.74, 6) is -0.303. The summed E-state index contributed by atoms with van der Waals surface area (Å²) in [6.45, 7) is 0. The van der Waals surface area contributed by atoms with Gasteiger partial charge in [0.2, 0.25) is 12.2 Å². The summed E-state index contributed by atoms with van der Waals surface area (Å²) >= 11 is 0. The van der Waals surface area contributed by atoms with E-state index >= 15 is 0 Å². The summed E-state index contributed by atoms with van der Waals surface area (Å²) in [5, 5.41) is 2.64. The van der Waals surface area contributed by atoms with E-state index in [0.717, 1.165) is 11.1 Å². The Bertz CT molecular complexity index is 606. The Morgan fingerprint density at radius 2 is 1.67 bits per heavy atom. The maximum absolute atomic E-state index is 11.8. The molecule has 0 saturated carbocycles. The molecule has 2 aromatic carbocycles. The molecule has 105 valence electrons. The molecule has 0 bridgehead atoms. The highest BCUT2D eigenvalue weighted by Crippen LogP contribution is 2.03. The van der Waals surface area contributed by atoms with Gasteiger partial charge in [-0.3, -0.25) is 9.59 Å². The fourth-order valence-electron chi connectivity index (χ4n) is 1.93. The van der Waals surface area contributed by atoms with Crippen molar-refractivity contribution < 1.29 is 9.59 Å². The van der Waals surface area contributed by atoms with Crippen molar-refractivity contribution >= 4 is 18.3 Å². The highest BCUT2D eigenvalue weighted by molar-refractivity contribution is 5.93. The van der Waals surface area contributed by atoms with Crippen LogP contribution in [0.5, 0.6) is 0 Å². The molecule has 2 aromatic rings. The number of nitrogens with one attached hydrogen (secondary N) is 1. The van der Waals surface area contributed by atoms with Gasteiger partial charge < -0.3 is 5.32 Å². The fraction of sp³-hybridized carbons (Fsp3) is 0.111. The van der Waals surface area contributed by atoms with Crippen molar-refractivity contribution in [1.29, 1.82) is 0 Å². The molecule has 0 aliphatic carbocycles. The van der Waals surface area contributed by atoms with E-state index in [9.17, 15) is 9.59 Å². The molecule has 3 nitrogen and oxygen atoms in total. The first kappa shape index (κ1) is 14.7. The van der Waals surface area contributed by atoms with Gasteiger partial charge in [0.05, 0.1) is 6.04 Å². The van der Waals surface area contributed by atoms with Crippen molar-refractivity contribution in [3.8, 4) is 0 Å². The van der Waals surface area contributed by atoms with Crippen molar-refractivity contribution in [3.63, 3.8) is 0 Å². The summed E-state index contributed by atoms with van der Waals surface area (Å²) in [7, 11) is 0. The van der Waals surface area contributed by atoms with Crippen LogP contribution < -0.4 is 5.32 Å². The van der Waals surface area contributed by atoms with Crippen molar-refractivity contribution in [3.05, 3.63) is 77.9 Å². The third-order valence-corrected chi connectivity index (χ3v) is 2.97. The summed E-state index contributed by atoms with van der Waals surface area (Å²) < 4.78 is 0. The monoisotopic (exact) mass is 278 g/mol. The molecule has 0 fully saturated rings. The summed E-state index contributed by atoms with van der Waals surface area (Å²) in [4.78, 5) is 22.8. The largest absolute Gasteiger partial charge is 0.342 e. The number of rotatable bonds is 6. The summed E-state index contributed by atoms with van der Waals surface area (Å²) in [6, 6.07) is 18.4. The Morgan fingerprint density at radius 3 is 2.29 bits per heavy atom. The van der Waals surface area contributed by atoms with E-state index < -0.39 is 6.04 Å². The molecule has 3 heteroatoms. The molecule has 1 N–H and O–H groups in total. The zero-order valence-corrected chi connectivity index (χ0v) is 11.5. The molecule has 2 rings (SSSR count). The van der Waals surface area contributed by atoms with E-state index in [1.165, 1.54) is 6.08 Å². The average Bonchev–Trinajstić information content (AvgIpc) is 2.54. The number of amides is 1. The molecule has 0 aromatic heterocycles. The molecule has 0 saturated heterocycles. The van der Waals surface area contributed by atoms with Gasteiger partial charge >= 0.3 is 0 Å². The van der Waals surface area contributed by atoms with Gasteiger partial charge in [-0.1, -0.05) is 60.7 Å². The lowest BCUT2D eigenvalue weighted by Gasteiger charge is -2.10. The number of carbonyl (C=O) groups excluding carboxylic acids is 2. The van der Waals surface area contributed by atoms with E-state index in [4.69, 9.17) is 0 Å². The molecular weight excluding hydrogens is 262 g/mol. The minimum atomic E-state index is -0.639. The maximum atomic E-state index is 11.8. The predicted octanol–water partition coefficient (Wildman–Crippen LogP) is 2.54. The highest BCUT2D eigenvalue weighted by atomic mass is 16.2. The van der Waals surface area contributed by atoms with Gasteiger partial charge in [0.15, 0.2) is 0 Å². The second-order valence-electron chi connectivity index (χ2n) is 4.61. The number of benzene rings is 2. The standard InChI is InChI=1S/C18H16NO2/c20-14-17(13-16-9-5-2-6-10-16)19-18(21)12-11-15-7-3-1-4-8-15/h1-12,17H,13H2,(H,19,21)/b12-11+/t17-/m0/s1. The highest BCUT2D eigenvalue weighted by Gasteiger charge is 2.11. The van der Waals surface area contributed by atoms with Gasteiger partial charge in [-0.25, -0.2) is 0 Å². The molecule has 0 spiro atoms. The van der Waals surface area contributed by atoms with Crippen molar-refractivity contribution in [2.45, 2.75) is 12.5 Å². The lowest BCUT2D eigenvalue weighted by atomic mass is 10.1. The third-order valence-electron chi connectivity index (χ3n) is 2.97. The van der Waals surface area contributed by atoms with E-state index in [0.29, 0.717) is 6.42 Å². The predicted molar refractivity (Wildman–Crippen MR) is 83.2 cm³/mol. The average molecular weight is 278 g/mol. The molecule has 1 atom stereocenters. The van der Waals surface area contributed by atoms with Crippen LogP contribution in [0.1, 0.15) is 11.1 Å². The molecule has 21 heavy (non-hydrogen) atoms. The van der Waals surface area contributed by atoms with Crippen LogP contribution in [0.4, 0.5) is 0 Å². The molecule has 0 unspecified atom stereocenters. The first-order chi connectivity index (χ1) is 10.3. The molecule has 1 amide bonds. The van der Waals surface area contributed by atoms with E-state index in [1.54, 1.807) is 6.08 Å². The molecule has 1 radical (unpaired) electrons. The van der Waals surface area contributed by atoms with Gasteiger partial charge in [0.25, 0.3) is 0 Å². The second-order valence-corrected chi connectivity index (χ2v) is 4.61. The Kier molecular flexibility index (Phi) is 5.47. The summed E-state index contributed by atoms with van der Waals surface area (Å²) in [5.41, 5.74) is 1.92. The van der Waals surface area contributed by atoms with Gasteiger partial charge in [0, 0.05) is 12.5 Å².